The molecule has 0 unspecified atom stereocenters. The number of carbonyl (C=O) groups excluding carboxylic acids is 1. The van der Waals surface area contributed by atoms with Gasteiger partial charge < -0.3 is 19.0 Å². The van der Waals surface area contributed by atoms with Gasteiger partial charge in [-0.2, -0.15) is 8.78 Å². The first-order valence-electron chi connectivity index (χ1n) is 12.9. The molecule has 1 amide bonds. The molecule has 2 aliphatic rings. The number of pyridine rings is 1. The molecule has 13 heteroatoms. The van der Waals surface area contributed by atoms with Crippen LogP contribution in [0.4, 0.5) is 24.5 Å². The fourth-order valence-electron chi connectivity index (χ4n) is 4.87. The Bertz CT molecular complexity index is 1240. The van der Waals surface area contributed by atoms with E-state index in [1.54, 1.807) is 17.0 Å². The Morgan fingerprint density at radius 1 is 1.12 bits per heavy atom. The van der Waals surface area contributed by atoms with Gasteiger partial charge in [0, 0.05) is 24.3 Å². The molecule has 4 heterocycles. The number of carbonyl (C=O) groups is 1. The molecular formula is C27H32BrF3N6O3. The van der Waals surface area contributed by atoms with Crippen molar-refractivity contribution in [2.45, 2.75) is 31.9 Å². The lowest BCUT2D eigenvalue weighted by molar-refractivity contribution is -0.107. The van der Waals surface area contributed by atoms with Crippen LogP contribution in [0.1, 0.15) is 30.9 Å². The van der Waals surface area contributed by atoms with Gasteiger partial charge in [-0.3, -0.25) is 19.1 Å². The highest BCUT2D eigenvalue weighted by Crippen LogP contribution is 2.34. The predicted molar refractivity (Wildman–Crippen MR) is 148 cm³/mol. The average Bonchev–Trinajstić information content (AvgIpc) is 3.44. The van der Waals surface area contributed by atoms with E-state index in [2.05, 4.69) is 36.0 Å². The number of rotatable bonds is 10. The van der Waals surface area contributed by atoms with Crippen LogP contribution in [0.25, 0.3) is 11.5 Å². The summed E-state index contributed by atoms with van der Waals surface area (Å²) in [6.45, 7) is 4.85. The van der Waals surface area contributed by atoms with E-state index in [1.165, 1.54) is 6.20 Å². The topological polar surface area (TPSA) is 87.8 Å². The highest BCUT2D eigenvalue weighted by atomic mass is 79.9. The van der Waals surface area contributed by atoms with Crippen molar-refractivity contribution in [3.63, 3.8) is 0 Å². The summed E-state index contributed by atoms with van der Waals surface area (Å²) < 4.78 is 46.2. The Morgan fingerprint density at radius 2 is 1.88 bits per heavy atom. The zero-order chi connectivity index (χ0) is 28.6. The summed E-state index contributed by atoms with van der Waals surface area (Å²) in [4.78, 5) is 23.0. The minimum absolute atomic E-state index is 0.00335. The number of ether oxygens (including phenoxy) is 1. The molecule has 0 N–H and O–H groups in total. The number of amides is 1. The number of halogens is 4. The van der Waals surface area contributed by atoms with Crippen LogP contribution in [0.5, 0.6) is 0 Å². The Labute approximate surface area is 239 Å². The lowest BCUT2D eigenvalue weighted by atomic mass is 9.94. The van der Waals surface area contributed by atoms with Crippen molar-refractivity contribution in [1.29, 1.82) is 0 Å². The van der Waals surface area contributed by atoms with Crippen molar-refractivity contribution in [2.24, 2.45) is 5.92 Å². The van der Waals surface area contributed by atoms with Crippen LogP contribution in [0.3, 0.4) is 0 Å². The maximum absolute atomic E-state index is 12.7. The van der Waals surface area contributed by atoms with Crippen LogP contribution in [-0.2, 0) is 16.1 Å². The first kappa shape index (κ1) is 29.9. The van der Waals surface area contributed by atoms with E-state index in [0.717, 1.165) is 67.1 Å². The summed E-state index contributed by atoms with van der Waals surface area (Å²) in [7, 11) is 2.44. The minimum atomic E-state index is -2.82. The van der Waals surface area contributed by atoms with Crippen LogP contribution in [0.15, 0.2) is 45.4 Å². The zero-order valence-corrected chi connectivity index (χ0v) is 23.9. The number of alkyl halides is 3. The molecular weight excluding hydrogens is 593 g/mol. The molecule has 0 aliphatic carbocycles. The third-order valence-corrected chi connectivity index (χ3v) is 7.62. The molecule has 0 atom stereocenters. The molecule has 2 fully saturated rings. The summed E-state index contributed by atoms with van der Waals surface area (Å²) in [5, 5.41) is 7.02. The molecule has 0 spiro atoms. The number of benzene rings is 1. The smallest absolute Gasteiger partial charge is 0.314 e. The molecule has 9 nitrogen and oxygen atoms in total. The van der Waals surface area contributed by atoms with E-state index < -0.39 is 12.3 Å². The van der Waals surface area contributed by atoms with Crippen molar-refractivity contribution in [3.8, 4) is 11.5 Å². The Hall–Kier alpha value is -3.03. The third-order valence-electron chi connectivity index (χ3n) is 7.12. The van der Waals surface area contributed by atoms with E-state index >= 15 is 0 Å². The van der Waals surface area contributed by atoms with Crippen LogP contribution in [0, 0.1) is 5.92 Å². The largest absolute Gasteiger partial charge is 0.415 e. The molecule has 40 heavy (non-hydrogen) atoms. The molecule has 0 bridgehead atoms. The van der Waals surface area contributed by atoms with Crippen molar-refractivity contribution in [2.75, 3.05) is 56.9 Å². The first-order valence-corrected chi connectivity index (χ1v) is 13.7. The number of hydrogen-bond acceptors (Lipinski definition) is 8. The fourth-order valence-corrected chi connectivity index (χ4v) is 5.22. The Balaban J connectivity index is 0.00000181. The van der Waals surface area contributed by atoms with Crippen LogP contribution in [0.2, 0.25) is 0 Å². The molecule has 1 aromatic carbocycles. The number of anilines is 2. The van der Waals surface area contributed by atoms with Gasteiger partial charge in [-0.1, -0.05) is 15.9 Å². The van der Waals surface area contributed by atoms with Gasteiger partial charge in [0.25, 0.3) is 5.89 Å². The summed E-state index contributed by atoms with van der Waals surface area (Å²) >= 11 is 3.56. The van der Waals surface area contributed by atoms with Gasteiger partial charge in [-0.15, -0.1) is 10.2 Å². The van der Waals surface area contributed by atoms with Gasteiger partial charge in [0.2, 0.25) is 12.3 Å². The minimum Gasteiger partial charge on any atom is -0.415 e. The maximum atomic E-state index is 12.7. The van der Waals surface area contributed by atoms with Gasteiger partial charge in [0.15, 0.2) is 0 Å². The second-order valence-electron chi connectivity index (χ2n) is 9.70. The average molecular weight is 625 g/mol. The summed E-state index contributed by atoms with van der Waals surface area (Å²) in [6.07, 6.45) is 1.72. The lowest BCUT2D eigenvalue weighted by Gasteiger charge is -2.42. The summed E-state index contributed by atoms with van der Waals surface area (Å²) in [5.74, 6) is -0.291. The van der Waals surface area contributed by atoms with Crippen molar-refractivity contribution >= 4 is 33.7 Å². The summed E-state index contributed by atoms with van der Waals surface area (Å²) in [5.41, 5.74) is 2.94. The lowest BCUT2D eigenvalue weighted by Crippen LogP contribution is -2.52. The van der Waals surface area contributed by atoms with Gasteiger partial charge in [0.05, 0.1) is 55.6 Å². The van der Waals surface area contributed by atoms with Gasteiger partial charge in [-0.05, 0) is 62.2 Å². The van der Waals surface area contributed by atoms with E-state index in [4.69, 9.17) is 9.15 Å². The molecule has 216 valence electrons. The predicted octanol–water partition coefficient (Wildman–Crippen LogP) is 5.13. The summed E-state index contributed by atoms with van der Waals surface area (Å²) in [6, 6.07) is 9.94. The zero-order valence-electron chi connectivity index (χ0n) is 22.4. The number of hydrogen-bond donors (Lipinski definition) is 0. The number of aromatic nitrogens is 3. The Morgan fingerprint density at radius 3 is 2.45 bits per heavy atom. The van der Waals surface area contributed by atoms with Crippen LogP contribution < -0.4 is 9.80 Å². The third kappa shape index (κ3) is 7.18. The van der Waals surface area contributed by atoms with E-state index in [9.17, 15) is 18.0 Å². The number of nitrogens with zero attached hydrogens (tertiary/aromatic N) is 6. The van der Waals surface area contributed by atoms with E-state index in [1.807, 2.05) is 30.1 Å². The highest BCUT2D eigenvalue weighted by Gasteiger charge is 2.30. The van der Waals surface area contributed by atoms with Gasteiger partial charge >= 0.3 is 6.43 Å². The van der Waals surface area contributed by atoms with Crippen molar-refractivity contribution in [1.82, 2.24) is 20.1 Å². The molecule has 0 saturated carbocycles. The monoisotopic (exact) mass is 624 g/mol. The Kier molecular flexibility index (Phi) is 10.5. The van der Waals surface area contributed by atoms with Crippen molar-refractivity contribution < 1.29 is 27.1 Å². The van der Waals surface area contributed by atoms with Crippen molar-refractivity contribution in [3.05, 3.63) is 52.6 Å². The standard InChI is InChI=1S/C26H29BrF2N6O3.CH3F/c1-33(13-20-4-2-18(11-30-20)25-31-32-26(38-25)24(28)29)22-5-3-19(27)10-23(22)35(16-36)12-17-6-8-34(9-7-17)21-14-37-15-21;1-2/h2-5,10-11,16-17,21,24H,6-9,12-15H2,1H3;1H3. The quantitative estimate of drug-likeness (QED) is 0.287. The SMILES string of the molecule is CF.CN(Cc1ccc(-c2nnc(C(F)F)o2)cn1)c1ccc(Br)cc1N(C=O)CC1CCN(C2COC2)CC1. The second-order valence-corrected chi connectivity index (χ2v) is 10.6. The van der Waals surface area contributed by atoms with Crippen LogP contribution in [-0.4, -0.2) is 79.6 Å². The first-order chi connectivity index (χ1) is 19.4. The van der Waals surface area contributed by atoms with E-state index in [-0.39, 0.29) is 5.89 Å². The molecule has 2 aliphatic heterocycles. The molecule has 0 radical (unpaired) electrons. The molecule has 3 aromatic rings. The number of likely N-dealkylation sites (tertiary alicyclic amines) is 1. The normalized spacial score (nSPS) is 16.3. The van der Waals surface area contributed by atoms with Crippen LogP contribution >= 0.6 is 15.9 Å². The number of piperidine rings is 1. The van der Waals surface area contributed by atoms with E-state index in [0.29, 0.717) is 37.8 Å². The maximum Gasteiger partial charge on any atom is 0.314 e. The van der Waals surface area contributed by atoms with Gasteiger partial charge in [-0.25, -0.2) is 0 Å². The highest BCUT2D eigenvalue weighted by molar-refractivity contribution is 9.10. The second kappa shape index (κ2) is 14.0. The van der Waals surface area contributed by atoms with Gasteiger partial charge in [0.1, 0.15) is 0 Å². The molecule has 2 aromatic heterocycles. The molecule has 2 saturated heterocycles. The molecule has 5 rings (SSSR count). The fraction of sp³-hybridized carbons (Fsp3) is 0.481.